The Morgan fingerprint density at radius 3 is 1.51 bits per heavy atom. The summed E-state index contributed by atoms with van der Waals surface area (Å²) < 4.78 is 5.14. The van der Waals surface area contributed by atoms with Crippen LogP contribution in [0.3, 0.4) is 0 Å². The minimum atomic E-state index is -0.968. The molecule has 0 aliphatic heterocycles. The Morgan fingerprint density at radius 2 is 1.06 bits per heavy atom. The predicted molar refractivity (Wildman–Crippen MR) is 151 cm³/mol. The third-order valence-electron chi connectivity index (χ3n) is 6.19. The summed E-state index contributed by atoms with van der Waals surface area (Å²) in [5.74, 6) is 0.797. The van der Waals surface area contributed by atoms with E-state index in [4.69, 9.17) is 3.79 Å². The Balaban J connectivity index is 0.000000189. The molecular formula is C31H29AlNOSi. The predicted octanol–water partition coefficient (Wildman–Crippen LogP) is 5.13. The molecule has 0 bridgehead atoms. The van der Waals surface area contributed by atoms with E-state index in [0.717, 1.165) is 22.3 Å². The summed E-state index contributed by atoms with van der Waals surface area (Å²) in [6, 6.07) is 36.5. The third-order valence-corrected chi connectivity index (χ3v) is 9.75. The van der Waals surface area contributed by atoms with E-state index in [1.807, 2.05) is 37.3 Å². The monoisotopic (exact) mass is 486 g/mol. The molecule has 0 aliphatic rings. The van der Waals surface area contributed by atoms with Gasteiger partial charge in [-0.1, -0.05) is 108 Å². The molecule has 4 heteroatoms. The summed E-state index contributed by atoms with van der Waals surface area (Å²) in [7, 11) is -0.968. The van der Waals surface area contributed by atoms with Gasteiger partial charge in [0, 0.05) is 11.1 Å². The van der Waals surface area contributed by atoms with Crippen LogP contribution in [0.4, 0.5) is 0 Å². The van der Waals surface area contributed by atoms with Gasteiger partial charge in [-0.15, -0.1) is 0 Å². The fraction of sp³-hybridized carbons (Fsp3) is 0.129. The van der Waals surface area contributed by atoms with E-state index in [-0.39, 0.29) is 0 Å². The molecule has 5 aromatic rings. The van der Waals surface area contributed by atoms with Crippen LogP contribution in [0.15, 0.2) is 103 Å². The summed E-state index contributed by atoms with van der Waals surface area (Å²) in [5, 5.41) is 5.59. The minimum Gasteiger partial charge on any atom is -0.652 e. The second-order valence-electron chi connectivity index (χ2n) is 8.72. The number of hydrogen-bond donors (Lipinski definition) is 0. The van der Waals surface area contributed by atoms with Crippen molar-refractivity contribution in [1.82, 2.24) is 4.98 Å². The van der Waals surface area contributed by atoms with Gasteiger partial charge in [0.05, 0.1) is 0 Å². The van der Waals surface area contributed by atoms with E-state index in [1.54, 1.807) is 0 Å². The Hall–Kier alpha value is -3.16. The maximum absolute atomic E-state index is 5.14. The van der Waals surface area contributed by atoms with Crippen LogP contribution in [0.1, 0.15) is 22.4 Å². The molecule has 0 fully saturated rings. The fourth-order valence-electron chi connectivity index (χ4n) is 4.31. The summed E-state index contributed by atoms with van der Waals surface area (Å²) in [5.41, 5.74) is 6.09. The van der Waals surface area contributed by atoms with Gasteiger partial charge < -0.3 is 3.79 Å². The van der Waals surface area contributed by atoms with Gasteiger partial charge in [-0.25, -0.2) is 4.98 Å². The Kier molecular flexibility index (Phi) is 8.21. The minimum absolute atomic E-state index is 0.797. The highest BCUT2D eigenvalue weighted by atomic mass is 28.3. The van der Waals surface area contributed by atoms with Gasteiger partial charge in [0.1, 0.15) is 11.3 Å². The van der Waals surface area contributed by atoms with Crippen molar-refractivity contribution in [1.29, 1.82) is 0 Å². The van der Waals surface area contributed by atoms with Gasteiger partial charge in [0.25, 0.3) is 0 Å². The SMILES string of the molecule is Cc1ccc2cccc([O][Al])c2n1.Cc1ccccc1[Si](c1ccccc1C)c1ccccc1C. The van der Waals surface area contributed by atoms with Crippen LogP contribution in [-0.4, -0.2) is 30.4 Å². The number of aromatic nitrogens is 1. The Bertz CT molecular complexity index is 1340. The van der Waals surface area contributed by atoms with Crippen LogP contribution in [0.2, 0.25) is 0 Å². The zero-order valence-electron chi connectivity index (χ0n) is 20.7. The number of nitrogens with zero attached hydrogens (tertiary/aromatic N) is 1. The lowest BCUT2D eigenvalue weighted by Crippen LogP contribution is -2.54. The molecule has 0 amide bonds. The molecule has 1 aromatic heterocycles. The van der Waals surface area contributed by atoms with Crippen LogP contribution < -0.4 is 19.3 Å². The van der Waals surface area contributed by atoms with Gasteiger partial charge in [-0.2, -0.15) is 0 Å². The van der Waals surface area contributed by atoms with E-state index in [0.29, 0.717) is 0 Å². The lowest BCUT2D eigenvalue weighted by atomic mass is 10.2. The first-order valence-corrected chi connectivity index (χ1v) is 13.7. The molecule has 1 heterocycles. The van der Waals surface area contributed by atoms with Crippen LogP contribution in [0.25, 0.3) is 10.9 Å². The molecule has 0 saturated heterocycles. The van der Waals surface area contributed by atoms with Crippen LogP contribution >= 0.6 is 0 Å². The highest BCUT2D eigenvalue weighted by Crippen LogP contribution is 2.22. The smallest absolute Gasteiger partial charge is 0.482 e. The standard InChI is InChI=1S/C21H21Si.C10H9NO.Al/c1-16-10-4-7-13-19(16)22(20-14-8-5-11-17(20)2)21-15-9-6-12-18(21)3;1-7-5-6-8-3-2-4-9(12)10(8)11-7;/h4-15H,1-3H3;2-6,12H,1H3;/q;;+1/p-1. The molecule has 4 aromatic carbocycles. The van der Waals surface area contributed by atoms with Crippen LogP contribution in [0.5, 0.6) is 5.75 Å². The van der Waals surface area contributed by atoms with E-state index in [2.05, 4.69) is 115 Å². The van der Waals surface area contributed by atoms with Gasteiger partial charge >= 0.3 is 16.6 Å². The van der Waals surface area contributed by atoms with Gasteiger partial charge in [0.2, 0.25) is 0 Å². The molecule has 3 radical (unpaired) electrons. The highest BCUT2D eigenvalue weighted by Gasteiger charge is 2.23. The molecule has 2 nitrogen and oxygen atoms in total. The summed E-state index contributed by atoms with van der Waals surface area (Å²) in [4.78, 5) is 4.41. The number of rotatable bonds is 4. The summed E-state index contributed by atoms with van der Waals surface area (Å²) in [6.45, 7) is 8.67. The van der Waals surface area contributed by atoms with Crippen molar-refractivity contribution >= 4 is 51.9 Å². The fourth-order valence-corrected chi connectivity index (χ4v) is 7.59. The highest BCUT2D eigenvalue weighted by molar-refractivity contribution is 6.96. The molecule has 0 saturated carbocycles. The van der Waals surface area contributed by atoms with Crippen molar-refractivity contribution in [2.75, 3.05) is 0 Å². The van der Waals surface area contributed by atoms with Crippen molar-refractivity contribution in [3.63, 3.8) is 0 Å². The largest absolute Gasteiger partial charge is 0.652 e. The third kappa shape index (κ3) is 5.74. The number of pyridine rings is 1. The van der Waals surface area contributed by atoms with Crippen molar-refractivity contribution in [2.24, 2.45) is 0 Å². The van der Waals surface area contributed by atoms with E-state index >= 15 is 0 Å². The second-order valence-corrected chi connectivity index (χ2v) is 11.3. The zero-order chi connectivity index (χ0) is 24.8. The Morgan fingerprint density at radius 1 is 0.571 bits per heavy atom. The lowest BCUT2D eigenvalue weighted by molar-refractivity contribution is 0.622. The average molecular weight is 487 g/mol. The first-order chi connectivity index (χ1) is 17.0. The van der Waals surface area contributed by atoms with Gasteiger partial charge in [-0.05, 0) is 55.4 Å². The first-order valence-electron chi connectivity index (χ1n) is 11.8. The van der Waals surface area contributed by atoms with Crippen molar-refractivity contribution in [3.8, 4) is 5.75 Å². The number of hydrogen-bond acceptors (Lipinski definition) is 2. The maximum Gasteiger partial charge on any atom is 0.482 e. The number of benzene rings is 4. The second kappa shape index (κ2) is 11.5. The van der Waals surface area contributed by atoms with Crippen molar-refractivity contribution in [2.45, 2.75) is 27.7 Å². The number of para-hydroxylation sites is 1. The zero-order valence-corrected chi connectivity index (χ0v) is 22.9. The molecule has 0 unspecified atom stereocenters. The van der Waals surface area contributed by atoms with Crippen LogP contribution in [-0.2, 0) is 0 Å². The molecule has 0 aliphatic carbocycles. The molecule has 171 valence electrons. The quantitative estimate of drug-likeness (QED) is 0.259. The van der Waals surface area contributed by atoms with Crippen molar-refractivity contribution < 1.29 is 3.79 Å². The lowest BCUT2D eigenvalue weighted by Gasteiger charge is -2.22. The number of aryl methyl sites for hydroxylation is 4. The molecule has 0 atom stereocenters. The Labute approximate surface area is 219 Å². The van der Waals surface area contributed by atoms with Gasteiger partial charge in [-0.3, -0.25) is 0 Å². The summed E-state index contributed by atoms with van der Waals surface area (Å²) >= 11 is 2.24. The van der Waals surface area contributed by atoms with Crippen molar-refractivity contribution in [3.05, 3.63) is 126 Å². The van der Waals surface area contributed by atoms with E-state index in [1.165, 1.54) is 32.3 Å². The maximum atomic E-state index is 5.14. The van der Waals surface area contributed by atoms with Crippen LogP contribution in [0, 0.1) is 27.7 Å². The molecular weight excluding hydrogens is 457 g/mol. The normalized spacial score (nSPS) is 10.7. The van der Waals surface area contributed by atoms with E-state index in [9.17, 15) is 0 Å². The topological polar surface area (TPSA) is 22.1 Å². The molecule has 35 heavy (non-hydrogen) atoms. The summed E-state index contributed by atoms with van der Waals surface area (Å²) in [6.07, 6.45) is 0. The molecule has 0 spiro atoms. The average Bonchev–Trinajstić information content (AvgIpc) is 2.87. The first kappa shape index (κ1) is 24.9. The van der Waals surface area contributed by atoms with Gasteiger partial charge in [0.15, 0.2) is 8.80 Å². The molecule has 5 rings (SSSR count). The van der Waals surface area contributed by atoms with E-state index < -0.39 is 8.80 Å². The molecule has 0 N–H and O–H groups in total. The number of fused-ring (bicyclic) bond motifs is 1.